The maximum absolute atomic E-state index is 11.4. The number of hydrogen-bond acceptors (Lipinski definition) is 4. The van der Waals surface area contributed by atoms with E-state index in [1.54, 1.807) is 18.2 Å². The van der Waals surface area contributed by atoms with E-state index in [4.69, 9.17) is 22.1 Å². The zero-order chi connectivity index (χ0) is 14.3. The Hall–Kier alpha value is -1.63. The molecule has 2 amide bonds. The molecule has 0 aliphatic carbocycles. The first-order valence-corrected chi connectivity index (χ1v) is 6.03. The SMILES string of the molecule is COCC(=O)Nc1ccc(NC(=O)CCN)cc1Cl. The maximum atomic E-state index is 11.4. The van der Waals surface area contributed by atoms with E-state index in [0.29, 0.717) is 16.4 Å². The second-order valence-electron chi connectivity index (χ2n) is 3.76. The lowest BCUT2D eigenvalue weighted by molar-refractivity contribution is -0.119. The van der Waals surface area contributed by atoms with Crippen LogP contribution in [0.4, 0.5) is 11.4 Å². The number of rotatable bonds is 6. The summed E-state index contributed by atoms with van der Waals surface area (Å²) in [6.45, 7) is 0.232. The average molecular weight is 286 g/mol. The lowest BCUT2D eigenvalue weighted by Crippen LogP contribution is -2.18. The molecule has 1 rings (SSSR count). The molecule has 1 aromatic carbocycles. The molecule has 0 fully saturated rings. The van der Waals surface area contributed by atoms with Crippen molar-refractivity contribution in [2.45, 2.75) is 6.42 Å². The van der Waals surface area contributed by atoms with Gasteiger partial charge in [-0.25, -0.2) is 0 Å². The molecule has 0 radical (unpaired) electrons. The van der Waals surface area contributed by atoms with Crippen molar-refractivity contribution in [3.63, 3.8) is 0 Å². The molecule has 0 aliphatic heterocycles. The molecule has 19 heavy (non-hydrogen) atoms. The van der Waals surface area contributed by atoms with Gasteiger partial charge < -0.3 is 21.1 Å². The fourth-order valence-corrected chi connectivity index (χ4v) is 1.59. The van der Waals surface area contributed by atoms with E-state index in [-0.39, 0.29) is 31.4 Å². The maximum Gasteiger partial charge on any atom is 0.250 e. The van der Waals surface area contributed by atoms with E-state index < -0.39 is 0 Å². The van der Waals surface area contributed by atoms with Crippen LogP contribution in [-0.2, 0) is 14.3 Å². The van der Waals surface area contributed by atoms with Gasteiger partial charge >= 0.3 is 0 Å². The zero-order valence-corrected chi connectivity index (χ0v) is 11.3. The van der Waals surface area contributed by atoms with Gasteiger partial charge in [-0.15, -0.1) is 0 Å². The Labute approximate surface area is 116 Å². The van der Waals surface area contributed by atoms with Crippen LogP contribution < -0.4 is 16.4 Å². The quantitative estimate of drug-likeness (QED) is 0.732. The Morgan fingerprint density at radius 3 is 2.63 bits per heavy atom. The van der Waals surface area contributed by atoms with Gasteiger partial charge in [-0.05, 0) is 18.2 Å². The highest BCUT2D eigenvalue weighted by Crippen LogP contribution is 2.25. The van der Waals surface area contributed by atoms with Gasteiger partial charge in [-0.1, -0.05) is 11.6 Å². The van der Waals surface area contributed by atoms with Gasteiger partial charge in [0.05, 0.1) is 10.7 Å². The number of ether oxygens (including phenoxy) is 1. The number of methoxy groups -OCH3 is 1. The Bertz CT molecular complexity index is 466. The summed E-state index contributed by atoms with van der Waals surface area (Å²) in [7, 11) is 1.43. The van der Waals surface area contributed by atoms with Crippen molar-refractivity contribution in [3.8, 4) is 0 Å². The van der Waals surface area contributed by atoms with Crippen LogP contribution in [0.3, 0.4) is 0 Å². The molecule has 0 aliphatic rings. The zero-order valence-electron chi connectivity index (χ0n) is 10.5. The van der Waals surface area contributed by atoms with Crippen LogP contribution >= 0.6 is 11.6 Å². The standard InChI is InChI=1S/C12H16ClN3O3/c1-19-7-12(18)16-10-3-2-8(6-9(10)13)15-11(17)4-5-14/h2-3,6H,4-5,7,14H2,1H3,(H,15,17)(H,16,18). The first-order chi connectivity index (χ1) is 9.06. The third-order valence-electron chi connectivity index (χ3n) is 2.17. The molecule has 0 unspecified atom stereocenters. The van der Waals surface area contributed by atoms with Crippen molar-refractivity contribution in [2.24, 2.45) is 5.73 Å². The normalized spacial score (nSPS) is 10.1. The summed E-state index contributed by atoms with van der Waals surface area (Å²) in [6, 6.07) is 4.80. The first kappa shape index (κ1) is 15.4. The highest BCUT2D eigenvalue weighted by Gasteiger charge is 2.07. The summed E-state index contributed by atoms with van der Waals surface area (Å²) in [5, 5.41) is 5.57. The molecule has 0 heterocycles. The summed E-state index contributed by atoms with van der Waals surface area (Å²) in [5.41, 5.74) is 6.28. The number of halogens is 1. The Morgan fingerprint density at radius 1 is 1.32 bits per heavy atom. The van der Waals surface area contributed by atoms with Crippen LogP contribution in [0.25, 0.3) is 0 Å². The topological polar surface area (TPSA) is 93.5 Å². The number of nitrogens with two attached hydrogens (primary N) is 1. The van der Waals surface area contributed by atoms with Gasteiger partial charge in [0.25, 0.3) is 0 Å². The average Bonchev–Trinajstić information content (AvgIpc) is 2.33. The molecule has 4 N–H and O–H groups in total. The number of hydrogen-bond donors (Lipinski definition) is 3. The molecule has 0 aromatic heterocycles. The Balaban J connectivity index is 2.69. The molecular weight excluding hydrogens is 270 g/mol. The number of anilines is 2. The second kappa shape index (κ2) is 7.73. The molecule has 0 saturated heterocycles. The van der Waals surface area contributed by atoms with Crippen LogP contribution in [0.15, 0.2) is 18.2 Å². The molecule has 7 heteroatoms. The monoisotopic (exact) mass is 285 g/mol. The number of benzene rings is 1. The van der Waals surface area contributed by atoms with E-state index in [2.05, 4.69) is 10.6 Å². The summed E-state index contributed by atoms with van der Waals surface area (Å²) in [5.74, 6) is -0.487. The van der Waals surface area contributed by atoms with E-state index in [0.717, 1.165) is 0 Å². The smallest absolute Gasteiger partial charge is 0.250 e. The predicted octanol–water partition coefficient (Wildman–Crippen LogP) is 1.21. The van der Waals surface area contributed by atoms with Crippen molar-refractivity contribution in [3.05, 3.63) is 23.2 Å². The van der Waals surface area contributed by atoms with Crippen LogP contribution in [0.2, 0.25) is 5.02 Å². The molecule has 6 nitrogen and oxygen atoms in total. The third-order valence-corrected chi connectivity index (χ3v) is 2.49. The largest absolute Gasteiger partial charge is 0.375 e. The minimum Gasteiger partial charge on any atom is -0.375 e. The number of carbonyl (C=O) groups is 2. The highest BCUT2D eigenvalue weighted by atomic mass is 35.5. The fraction of sp³-hybridized carbons (Fsp3) is 0.333. The highest BCUT2D eigenvalue weighted by molar-refractivity contribution is 6.34. The van der Waals surface area contributed by atoms with Gasteiger partial charge in [0.2, 0.25) is 11.8 Å². The van der Waals surface area contributed by atoms with Crippen molar-refractivity contribution in [2.75, 3.05) is 30.9 Å². The minimum atomic E-state index is -0.302. The van der Waals surface area contributed by atoms with E-state index in [1.165, 1.54) is 7.11 Å². The van der Waals surface area contributed by atoms with Crippen molar-refractivity contribution >= 4 is 34.8 Å². The van der Waals surface area contributed by atoms with E-state index in [9.17, 15) is 9.59 Å². The van der Waals surface area contributed by atoms with Crippen molar-refractivity contribution in [1.29, 1.82) is 0 Å². The fourth-order valence-electron chi connectivity index (χ4n) is 1.37. The second-order valence-corrected chi connectivity index (χ2v) is 4.17. The van der Waals surface area contributed by atoms with Crippen LogP contribution in [-0.4, -0.2) is 32.1 Å². The summed E-state index contributed by atoms with van der Waals surface area (Å²) in [4.78, 5) is 22.7. The van der Waals surface area contributed by atoms with Crippen LogP contribution in [0, 0.1) is 0 Å². The van der Waals surface area contributed by atoms with Gasteiger partial charge in [-0.3, -0.25) is 9.59 Å². The van der Waals surface area contributed by atoms with E-state index in [1.807, 2.05) is 0 Å². The van der Waals surface area contributed by atoms with Crippen molar-refractivity contribution in [1.82, 2.24) is 0 Å². The van der Waals surface area contributed by atoms with Gasteiger partial charge in [0.1, 0.15) is 6.61 Å². The Kier molecular flexibility index (Phi) is 6.27. The van der Waals surface area contributed by atoms with Crippen LogP contribution in [0.1, 0.15) is 6.42 Å². The summed E-state index contributed by atoms with van der Waals surface area (Å²) in [6.07, 6.45) is 0.240. The molecule has 1 aromatic rings. The molecule has 0 atom stereocenters. The lowest BCUT2D eigenvalue weighted by atomic mass is 10.2. The summed E-state index contributed by atoms with van der Waals surface area (Å²) >= 11 is 6.00. The van der Waals surface area contributed by atoms with E-state index >= 15 is 0 Å². The van der Waals surface area contributed by atoms with Gasteiger partial charge in [0.15, 0.2) is 0 Å². The first-order valence-electron chi connectivity index (χ1n) is 5.65. The van der Waals surface area contributed by atoms with Gasteiger partial charge in [-0.2, -0.15) is 0 Å². The number of amides is 2. The molecule has 0 spiro atoms. The number of nitrogens with one attached hydrogen (secondary N) is 2. The molecule has 0 bridgehead atoms. The molecule has 104 valence electrons. The third kappa shape index (κ3) is 5.25. The Morgan fingerprint density at radius 2 is 2.05 bits per heavy atom. The minimum absolute atomic E-state index is 0.0503. The van der Waals surface area contributed by atoms with Crippen molar-refractivity contribution < 1.29 is 14.3 Å². The molecule has 0 saturated carbocycles. The predicted molar refractivity (Wildman–Crippen MR) is 74.3 cm³/mol. The number of carbonyl (C=O) groups excluding carboxylic acids is 2. The van der Waals surface area contributed by atoms with Crippen LogP contribution in [0.5, 0.6) is 0 Å². The van der Waals surface area contributed by atoms with Gasteiger partial charge in [0, 0.05) is 25.8 Å². The summed E-state index contributed by atoms with van der Waals surface area (Å²) < 4.78 is 4.69. The molecular formula is C12H16ClN3O3. The lowest BCUT2D eigenvalue weighted by Gasteiger charge is -2.09.